The van der Waals surface area contributed by atoms with E-state index < -0.39 is 48.1 Å². The highest BCUT2D eigenvalue weighted by atomic mass is 19.4. The first-order chi connectivity index (χ1) is 26.4. The van der Waals surface area contributed by atoms with E-state index in [2.05, 4.69) is 21.7 Å². The van der Waals surface area contributed by atoms with Gasteiger partial charge in [0.05, 0.1) is 18.6 Å². The molecule has 0 bridgehead atoms. The highest BCUT2D eigenvalue weighted by molar-refractivity contribution is 5.93. The number of alkyl halides is 3. The molecule has 3 amide bonds. The van der Waals surface area contributed by atoms with E-state index >= 15 is 0 Å². The molecule has 4 rings (SSSR count). The van der Waals surface area contributed by atoms with Crippen molar-refractivity contribution >= 4 is 40.6 Å². The number of H-pyrrole nitrogens is 1. The van der Waals surface area contributed by atoms with Crippen molar-refractivity contribution in [1.82, 2.24) is 20.5 Å². The number of aromatic amines is 1. The lowest BCUT2D eigenvalue weighted by Gasteiger charge is -2.32. The quantitative estimate of drug-likeness (QED) is 0.102. The van der Waals surface area contributed by atoms with Gasteiger partial charge in [-0.15, -0.1) is 0 Å². The number of phenolic OH excluding ortho intramolecular Hbond substituents is 1. The van der Waals surface area contributed by atoms with Crippen molar-refractivity contribution in [3.63, 3.8) is 0 Å². The van der Waals surface area contributed by atoms with Crippen LogP contribution in [0.3, 0.4) is 0 Å². The summed E-state index contributed by atoms with van der Waals surface area (Å²) in [5, 5.41) is 24.0. The zero-order valence-corrected chi connectivity index (χ0v) is 32.0. The minimum absolute atomic E-state index is 0.0466. The second-order valence-corrected chi connectivity index (χ2v) is 14.1. The maximum absolute atomic E-state index is 14.4. The van der Waals surface area contributed by atoms with E-state index in [1.54, 1.807) is 19.2 Å². The summed E-state index contributed by atoms with van der Waals surface area (Å²) in [6.07, 6.45) is 1.89. The number of rotatable bonds is 7. The monoisotopic (exact) mass is 787 g/mol. The van der Waals surface area contributed by atoms with Crippen LogP contribution in [0.15, 0.2) is 66.4 Å². The fourth-order valence-corrected chi connectivity index (χ4v) is 6.33. The highest BCUT2D eigenvalue weighted by Gasteiger charge is 2.38. The van der Waals surface area contributed by atoms with E-state index in [9.17, 15) is 37.5 Å². The first-order valence-electron chi connectivity index (χ1n) is 18.5. The zero-order chi connectivity index (χ0) is 41.6. The third kappa shape index (κ3) is 13.7. The number of nitrogens with one attached hydrogen (secondary N) is 3. The number of esters is 1. The number of cyclic esters (lactones) is 1. The third-order valence-corrected chi connectivity index (χ3v) is 9.47. The molecule has 0 spiro atoms. The minimum Gasteiger partial charge on any atom is -0.508 e. The van der Waals surface area contributed by atoms with Gasteiger partial charge < -0.3 is 41.2 Å². The van der Waals surface area contributed by atoms with Crippen LogP contribution < -0.4 is 16.4 Å². The zero-order valence-electron chi connectivity index (χ0n) is 32.0. The Morgan fingerprint density at radius 1 is 0.982 bits per heavy atom. The van der Waals surface area contributed by atoms with Crippen molar-refractivity contribution in [2.45, 2.75) is 103 Å². The number of likely N-dealkylation sites (N-methyl/N-ethyl adjacent to an activating group) is 1. The van der Waals surface area contributed by atoms with Crippen LogP contribution in [0.25, 0.3) is 10.9 Å². The summed E-state index contributed by atoms with van der Waals surface area (Å²) < 4.78 is 37.5. The summed E-state index contributed by atoms with van der Waals surface area (Å²) in [7, 11) is 1.58. The minimum atomic E-state index is -5.08. The van der Waals surface area contributed by atoms with Gasteiger partial charge in [0.15, 0.2) is 0 Å². The van der Waals surface area contributed by atoms with Gasteiger partial charge in [-0.3, -0.25) is 19.2 Å². The van der Waals surface area contributed by atoms with E-state index in [-0.39, 0.29) is 36.5 Å². The Kier molecular flexibility index (Phi) is 16.9. The summed E-state index contributed by atoms with van der Waals surface area (Å²) in [6.45, 7) is 6.09. The van der Waals surface area contributed by atoms with Crippen LogP contribution in [0.4, 0.5) is 13.2 Å². The average molecular weight is 788 g/mol. The number of carbonyl (C=O) groups is 5. The van der Waals surface area contributed by atoms with Gasteiger partial charge in [-0.2, -0.15) is 13.2 Å². The number of allylic oxidation sites excluding steroid dienone is 2. The number of nitrogens with two attached hydrogens (primary N) is 1. The SMILES string of the molecule is C/C1=C\CC[C@H](C)OC(=O)C[C@H](c2ccc(O)cc2)NC(=O)[C@@H](Cc2c[nH]c3ccccc23)N(C)C(=O)[C@H](CCCCN)NC(=O)[C@@H](C)C1.O=C(O)C(F)(F)F. The van der Waals surface area contributed by atoms with E-state index in [0.29, 0.717) is 50.6 Å². The molecular weight excluding hydrogens is 735 g/mol. The van der Waals surface area contributed by atoms with Gasteiger partial charge >= 0.3 is 18.1 Å². The number of halogens is 3. The molecule has 5 atom stereocenters. The molecule has 1 aromatic heterocycles. The summed E-state index contributed by atoms with van der Waals surface area (Å²) in [5.41, 5.74) is 9.12. The molecule has 0 aliphatic carbocycles. The van der Waals surface area contributed by atoms with Crippen LogP contribution in [-0.2, 0) is 35.1 Å². The second-order valence-electron chi connectivity index (χ2n) is 14.1. The first-order valence-corrected chi connectivity index (χ1v) is 18.5. The van der Waals surface area contributed by atoms with Crippen molar-refractivity contribution in [2.24, 2.45) is 11.7 Å². The van der Waals surface area contributed by atoms with Gasteiger partial charge in [0.25, 0.3) is 0 Å². The largest absolute Gasteiger partial charge is 0.508 e. The molecule has 2 heterocycles. The van der Waals surface area contributed by atoms with Crippen molar-refractivity contribution < 1.29 is 52.1 Å². The normalized spacial score (nSPS) is 23.2. The summed E-state index contributed by atoms with van der Waals surface area (Å²) in [4.78, 5) is 68.9. The first kappa shape index (κ1) is 45.0. The molecule has 3 aromatic rings. The summed E-state index contributed by atoms with van der Waals surface area (Å²) in [5.74, 6) is -4.68. The molecule has 16 heteroatoms. The van der Waals surface area contributed by atoms with Crippen LogP contribution in [0.2, 0.25) is 0 Å². The third-order valence-electron chi connectivity index (χ3n) is 9.47. The van der Waals surface area contributed by atoms with Crippen LogP contribution in [0.5, 0.6) is 5.75 Å². The second kappa shape index (κ2) is 21.1. The number of aliphatic carboxylic acids is 1. The van der Waals surface area contributed by atoms with Gasteiger partial charge in [0, 0.05) is 36.5 Å². The lowest BCUT2D eigenvalue weighted by molar-refractivity contribution is -0.192. The Labute approximate surface area is 323 Å². The maximum atomic E-state index is 14.4. The lowest BCUT2D eigenvalue weighted by Crippen LogP contribution is -2.56. The molecule has 2 aromatic carbocycles. The molecule has 0 unspecified atom stereocenters. The summed E-state index contributed by atoms with van der Waals surface area (Å²) in [6, 6.07) is 11.3. The van der Waals surface area contributed by atoms with Crippen molar-refractivity contribution in [3.8, 4) is 5.75 Å². The van der Waals surface area contributed by atoms with Gasteiger partial charge in [0.1, 0.15) is 17.8 Å². The van der Waals surface area contributed by atoms with E-state index in [4.69, 9.17) is 20.4 Å². The smallest absolute Gasteiger partial charge is 0.490 e. The number of benzene rings is 2. The molecule has 0 radical (unpaired) electrons. The van der Waals surface area contributed by atoms with Gasteiger partial charge in [-0.1, -0.05) is 48.9 Å². The van der Waals surface area contributed by atoms with E-state index in [0.717, 1.165) is 22.0 Å². The van der Waals surface area contributed by atoms with E-state index in [1.165, 1.54) is 17.0 Å². The molecule has 306 valence electrons. The number of hydrogen-bond donors (Lipinski definition) is 6. The lowest BCUT2D eigenvalue weighted by atomic mass is 9.98. The fraction of sp³-hybridized carbons (Fsp3) is 0.475. The van der Waals surface area contributed by atoms with Crippen molar-refractivity contribution in [2.75, 3.05) is 13.6 Å². The molecule has 0 fully saturated rings. The van der Waals surface area contributed by atoms with Gasteiger partial charge in [-0.25, -0.2) is 4.79 Å². The molecule has 56 heavy (non-hydrogen) atoms. The molecular formula is C40H52F3N5O8. The topological polar surface area (TPSA) is 204 Å². The predicted octanol–water partition coefficient (Wildman–Crippen LogP) is 5.44. The Balaban J connectivity index is 0.00000109. The number of hydrogen-bond acceptors (Lipinski definition) is 8. The number of phenols is 1. The number of carbonyl (C=O) groups excluding carboxylic acids is 4. The van der Waals surface area contributed by atoms with Gasteiger partial charge in [0.2, 0.25) is 17.7 Å². The fourth-order valence-electron chi connectivity index (χ4n) is 6.33. The Morgan fingerprint density at radius 2 is 1.64 bits per heavy atom. The predicted molar refractivity (Wildman–Crippen MR) is 203 cm³/mol. The number of carboxylic acid groups (broad SMARTS) is 1. The molecule has 13 nitrogen and oxygen atoms in total. The Morgan fingerprint density at radius 3 is 2.29 bits per heavy atom. The highest BCUT2D eigenvalue weighted by Crippen LogP contribution is 2.25. The molecule has 0 saturated heterocycles. The van der Waals surface area contributed by atoms with Crippen LogP contribution in [0.1, 0.15) is 82.9 Å². The number of fused-ring (bicyclic) bond motifs is 1. The molecule has 0 saturated carbocycles. The Hall–Kier alpha value is -5.38. The van der Waals surface area contributed by atoms with E-state index in [1.807, 2.05) is 51.2 Å². The standard InChI is InChI=1S/C38H51N5O6.C2HF3O2/c1-24-10-9-11-26(3)49-35(45)22-33(27-15-17-29(44)18-16-27)42-37(47)34(21-28-23-40-31-13-6-5-12-30(28)31)43(4)38(48)32(14-7-8-19-39)41-36(46)25(2)20-24;3-2(4,5)1(6)7/h5-6,10,12-13,15-18,23,25-26,32-34,40,44H,7-9,11,14,19-22,39H2,1-4H3,(H,41,46)(H,42,47);(H,6,7)/b24-10+;/t25-,26-,32-,33+,34+;/m0./s1. The van der Waals surface area contributed by atoms with Crippen LogP contribution in [-0.4, -0.2) is 87.7 Å². The maximum Gasteiger partial charge on any atom is 0.490 e. The van der Waals surface area contributed by atoms with Gasteiger partial charge in [-0.05, 0) is 88.2 Å². The average Bonchev–Trinajstić information content (AvgIpc) is 3.55. The van der Waals surface area contributed by atoms with Crippen molar-refractivity contribution in [1.29, 1.82) is 0 Å². The number of carboxylic acids is 1. The molecule has 1 aliphatic heterocycles. The number of nitrogens with zero attached hydrogens (tertiary/aromatic N) is 1. The number of amides is 3. The summed E-state index contributed by atoms with van der Waals surface area (Å²) >= 11 is 0. The number of aromatic nitrogens is 1. The number of aromatic hydroxyl groups is 1. The van der Waals surface area contributed by atoms with Crippen LogP contribution in [0, 0.1) is 5.92 Å². The molecule has 1 aliphatic rings. The van der Waals surface area contributed by atoms with Crippen LogP contribution >= 0.6 is 0 Å². The number of para-hydroxylation sites is 1. The molecule has 7 N–H and O–H groups in total. The Bertz CT molecular complexity index is 1830. The number of ether oxygens (including phenoxy) is 1. The number of unbranched alkanes of at least 4 members (excludes halogenated alkanes) is 1. The van der Waals surface area contributed by atoms with Crippen molar-refractivity contribution in [3.05, 3.63) is 77.5 Å².